The van der Waals surface area contributed by atoms with Crippen molar-refractivity contribution >= 4 is 5.91 Å². The Kier molecular flexibility index (Phi) is 6.68. The summed E-state index contributed by atoms with van der Waals surface area (Å²) < 4.78 is 41.2. The van der Waals surface area contributed by atoms with Crippen molar-refractivity contribution in [1.82, 2.24) is 19.8 Å². The van der Waals surface area contributed by atoms with Crippen molar-refractivity contribution < 1.29 is 23.1 Å². The number of likely N-dealkylation sites (tertiary alicyclic amines) is 1. The number of aromatic nitrogens is 2. The Bertz CT molecular complexity index is 597. The van der Waals surface area contributed by atoms with Crippen molar-refractivity contribution in [3.8, 4) is 0 Å². The highest BCUT2D eigenvalue weighted by atomic mass is 19.4. The topological polar surface area (TPSA) is 70.4 Å². The fourth-order valence-electron chi connectivity index (χ4n) is 3.18. The van der Waals surface area contributed by atoms with Gasteiger partial charge in [0.15, 0.2) is 5.82 Å². The Labute approximate surface area is 151 Å². The average Bonchev–Trinajstić information content (AvgIpc) is 2.98. The first kappa shape index (κ1) is 20.7. The summed E-state index contributed by atoms with van der Waals surface area (Å²) in [5, 5.41) is 12.6. The summed E-state index contributed by atoms with van der Waals surface area (Å²) in [6.45, 7) is 5.33. The quantitative estimate of drug-likeness (QED) is 0.712. The summed E-state index contributed by atoms with van der Waals surface area (Å²) in [7, 11) is 1.34. The van der Waals surface area contributed by atoms with E-state index in [-0.39, 0.29) is 6.54 Å². The summed E-state index contributed by atoms with van der Waals surface area (Å²) >= 11 is 0. The van der Waals surface area contributed by atoms with Crippen molar-refractivity contribution in [2.75, 3.05) is 26.2 Å². The van der Waals surface area contributed by atoms with E-state index in [2.05, 4.69) is 22.1 Å². The van der Waals surface area contributed by atoms with Crippen LogP contribution in [-0.2, 0) is 17.4 Å². The Morgan fingerprint density at radius 1 is 1.38 bits per heavy atom. The first-order valence-corrected chi connectivity index (χ1v) is 8.89. The molecule has 9 heteroatoms. The van der Waals surface area contributed by atoms with Crippen molar-refractivity contribution in [3.05, 3.63) is 18.2 Å². The number of nitrogens with zero attached hydrogens (tertiary/aromatic N) is 3. The number of rotatable bonds is 7. The first-order chi connectivity index (χ1) is 12.1. The summed E-state index contributed by atoms with van der Waals surface area (Å²) in [6.07, 6.45) is -0.709. The molecular formula is C17H27F3N4O2. The number of carbonyl (C=O) groups is 1. The second kappa shape index (κ2) is 8.39. The molecule has 26 heavy (non-hydrogen) atoms. The smallest absolute Gasteiger partial charge is 0.374 e. The molecule has 0 radical (unpaired) electrons. The number of carbonyl (C=O) groups excluding carboxylic acids is 1. The molecule has 6 nitrogen and oxygen atoms in total. The monoisotopic (exact) mass is 376 g/mol. The lowest BCUT2D eigenvalue weighted by molar-refractivity contribution is -0.271. The second-order valence-electron chi connectivity index (χ2n) is 7.12. The van der Waals surface area contributed by atoms with Gasteiger partial charge in [-0.2, -0.15) is 13.2 Å². The molecule has 0 aromatic carbocycles. The Hall–Kier alpha value is -1.61. The minimum atomic E-state index is -5.01. The third-order valence-electron chi connectivity index (χ3n) is 4.93. The van der Waals surface area contributed by atoms with E-state index in [4.69, 9.17) is 0 Å². The normalized spacial score (nSPS) is 19.3. The lowest BCUT2D eigenvalue weighted by Gasteiger charge is -2.30. The molecule has 2 heterocycles. The molecule has 0 aliphatic carbocycles. The van der Waals surface area contributed by atoms with E-state index >= 15 is 0 Å². The molecule has 2 rings (SSSR count). The number of hydrogen-bond acceptors (Lipinski definition) is 4. The molecule has 1 aromatic rings. The second-order valence-corrected chi connectivity index (χ2v) is 7.12. The number of halogens is 3. The van der Waals surface area contributed by atoms with E-state index in [0.717, 1.165) is 49.2 Å². The fourth-order valence-corrected chi connectivity index (χ4v) is 3.18. The zero-order valence-corrected chi connectivity index (χ0v) is 15.2. The lowest BCUT2D eigenvalue weighted by Crippen LogP contribution is -2.48. The highest BCUT2D eigenvalue weighted by Crippen LogP contribution is 2.40. The van der Waals surface area contributed by atoms with Gasteiger partial charge < -0.3 is 19.9 Å². The standard InChI is InChI=1S/C17H27F3N4O2/c1-13-4-9-24(10-5-13)8-3-6-21-14(25)12-16(26,17(18,19)20)15-22-7-11-23(15)2/h7,11,13,26H,3-6,8-10,12H2,1-2H3,(H,21,25). The fraction of sp³-hybridized carbons (Fsp3) is 0.765. The van der Waals surface area contributed by atoms with Crippen LogP contribution >= 0.6 is 0 Å². The SMILES string of the molecule is CC1CCN(CCCNC(=O)CC(O)(c2nccn2C)C(F)(F)F)CC1. The highest BCUT2D eigenvalue weighted by molar-refractivity contribution is 5.77. The van der Waals surface area contributed by atoms with E-state index in [1.807, 2.05) is 0 Å². The Morgan fingerprint density at radius 2 is 2.04 bits per heavy atom. The molecule has 1 amide bonds. The van der Waals surface area contributed by atoms with Gasteiger partial charge in [-0.25, -0.2) is 4.98 Å². The summed E-state index contributed by atoms with van der Waals surface area (Å²) in [5.74, 6) is -0.709. The molecule has 0 saturated carbocycles. The molecule has 148 valence electrons. The molecule has 1 fully saturated rings. The minimum Gasteiger partial charge on any atom is -0.374 e. The zero-order chi connectivity index (χ0) is 19.4. The first-order valence-electron chi connectivity index (χ1n) is 8.89. The van der Waals surface area contributed by atoms with Gasteiger partial charge in [-0.05, 0) is 44.8 Å². The van der Waals surface area contributed by atoms with E-state index in [1.165, 1.54) is 13.2 Å². The summed E-state index contributed by atoms with van der Waals surface area (Å²) in [4.78, 5) is 17.9. The molecular weight excluding hydrogens is 349 g/mol. The maximum absolute atomic E-state index is 13.4. The summed E-state index contributed by atoms with van der Waals surface area (Å²) in [6, 6.07) is 0. The van der Waals surface area contributed by atoms with Crippen molar-refractivity contribution in [3.63, 3.8) is 0 Å². The van der Waals surface area contributed by atoms with Crippen LogP contribution in [0.5, 0.6) is 0 Å². The van der Waals surface area contributed by atoms with Gasteiger partial charge in [0.05, 0.1) is 6.42 Å². The number of aryl methyl sites for hydroxylation is 1. The number of imidazole rings is 1. The molecule has 1 aliphatic heterocycles. The van der Waals surface area contributed by atoms with Crippen LogP contribution in [0.3, 0.4) is 0 Å². The molecule has 1 saturated heterocycles. The maximum atomic E-state index is 13.4. The molecule has 0 spiro atoms. The Balaban J connectivity index is 1.83. The van der Waals surface area contributed by atoms with Gasteiger partial charge >= 0.3 is 6.18 Å². The van der Waals surface area contributed by atoms with E-state index in [1.54, 1.807) is 0 Å². The van der Waals surface area contributed by atoms with E-state index in [9.17, 15) is 23.1 Å². The van der Waals surface area contributed by atoms with Crippen LogP contribution in [0.1, 0.15) is 38.4 Å². The van der Waals surface area contributed by atoms with Crippen molar-refractivity contribution in [1.29, 1.82) is 0 Å². The molecule has 2 N–H and O–H groups in total. The molecule has 1 atom stereocenters. The van der Waals surface area contributed by atoms with E-state index in [0.29, 0.717) is 6.42 Å². The van der Waals surface area contributed by atoms with Crippen molar-refractivity contribution in [2.45, 2.75) is 44.4 Å². The largest absolute Gasteiger partial charge is 0.425 e. The maximum Gasteiger partial charge on any atom is 0.425 e. The number of nitrogens with one attached hydrogen (secondary N) is 1. The van der Waals surface area contributed by atoms with Crippen LogP contribution < -0.4 is 5.32 Å². The minimum absolute atomic E-state index is 0.277. The van der Waals surface area contributed by atoms with Crippen LogP contribution in [0, 0.1) is 5.92 Å². The molecule has 1 aliphatic rings. The third kappa shape index (κ3) is 4.97. The van der Waals surface area contributed by atoms with Crippen molar-refractivity contribution in [2.24, 2.45) is 13.0 Å². The lowest BCUT2D eigenvalue weighted by atomic mass is 9.97. The van der Waals surface area contributed by atoms with Crippen LogP contribution in [0.2, 0.25) is 0 Å². The molecule has 1 aromatic heterocycles. The van der Waals surface area contributed by atoms with Gasteiger partial charge in [-0.15, -0.1) is 0 Å². The predicted octanol–water partition coefficient (Wildman–Crippen LogP) is 1.80. The molecule has 0 bridgehead atoms. The van der Waals surface area contributed by atoms with Gasteiger partial charge in [-0.3, -0.25) is 4.79 Å². The number of piperidine rings is 1. The predicted molar refractivity (Wildman–Crippen MR) is 90.2 cm³/mol. The van der Waals surface area contributed by atoms with Gasteiger partial charge in [0, 0.05) is 26.0 Å². The zero-order valence-electron chi connectivity index (χ0n) is 15.2. The van der Waals surface area contributed by atoms with Crippen LogP contribution in [0.4, 0.5) is 13.2 Å². The number of aliphatic hydroxyl groups is 1. The van der Waals surface area contributed by atoms with Gasteiger partial charge in [0.25, 0.3) is 0 Å². The van der Waals surface area contributed by atoms with Crippen LogP contribution in [-0.4, -0.2) is 57.8 Å². The third-order valence-corrected chi connectivity index (χ3v) is 4.93. The van der Waals surface area contributed by atoms with Gasteiger partial charge in [0.1, 0.15) is 0 Å². The number of hydrogen-bond donors (Lipinski definition) is 2. The van der Waals surface area contributed by atoms with Crippen LogP contribution in [0.15, 0.2) is 12.4 Å². The van der Waals surface area contributed by atoms with Crippen LogP contribution in [0.25, 0.3) is 0 Å². The average molecular weight is 376 g/mol. The van der Waals surface area contributed by atoms with Gasteiger partial charge in [0.2, 0.25) is 11.5 Å². The van der Waals surface area contributed by atoms with Gasteiger partial charge in [-0.1, -0.05) is 6.92 Å². The highest BCUT2D eigenvalue weighted by Gasteiger charge is 2.58. The van der Waals surface area contributed by atoms with E-state index < -0.39 is 29.9 Å². The number of alkyl halides is 3. The summed E-state index contributed by atoms with van der Waals surface area (Å²) in [5.41, 5.74) is -3.31. The molecule has 1 unspecified atom stereocenters. The Morgan fingerprint density at radius 3 is 2.58 bits per heavy atom. The number of amides is 1.